The summed E-state index contributed by atoms with van der Waals surface area (Å²) in [5.41, 5.74) is 2.89. The number of methoxy groups -OCH3 is 1. The third-order valence-corrected chi connectivity index (χ3v) is 4.10. The number of esters is 1. The highest BCUT2D eigenvalue weighted by molar-refractivity contribution is 9.10. The minimum atomic E-state index is -0.310. The summed E-state index contributed by atoms with van der Waals surface area (Å²) in [4.78, 5) is 11.4. The summed E-state index contributed by atoms with van der Waals surface area (Å²) in [5.74, 6) is -0.310. The highest BCUT2D eigenvalue weighted by atomic mass is 79.9. The molecule has 0 unspecified atom stereocenters. The van der Waals surface area contributed by atoms with Crippen molar-refractivity contribution in [3.63, 3.8) is 0 Å². The molecule has 0 aliphatic heterocycles. The molecule has 0 radical (unpaired) electrons. The number of para-hydroxylation sites is 1. The molecular formula is C17H14BrNO2. The predicted molar refractivity (Wildman–Crippen MR) is 86.5 cm³/mol. The number of rotatable bonds is 3. The minimum Gasteiger partial charge on any atom is -0.465 e. The molecule has 3 aromatic rings. The summed E-state index contributed by atoms with van der Waals surface area (Å²) in [7, 11) is 1.39. The molecule has 0 atom stereocenters. The van der Waals surface area contributed by atoms with Gasteiger partial charge >= 0.3 is 5.97 Å². The normalized spacial score (nSPS) is 10.8. The molecule has 3 nitrogen and oxygen atoms in total. The zero-order chi connectivity index (χ0) is 14.8. The Kier molecular flexibility index (Phi) is 3.80. The first kappa shape index (κ1) is 13.9. The number of carbonyl (C=O) groups excluding carboxylic acids is 1. The Morgan fingerprint density at radius 1 is 1.14 bits per heavy atom. The minimum absolute atomic E-state index is 0.310. The monoisotopic (exact) mass is 343 g/mol. The van der Waals surface area contributed by atoms with Gasteiger partial charge in [0, 0.05) is 28.1 Å². The maximum Gasteiger partial charge on any atom is 0.337 e. The van der Waals surface area contributed by atoms with Crippen molar-refractivity contribution in [2.75, 3.05) is 7.11 Å². The van der Waals surface area contributed by atoms with Crippen LogP contribution in [0.3, 0.4) is 0 Å². The number of halogens is 1. The van der Waals surface area contributed by atoms with Crippen molar-refractivity contribution in [3.05, 3.63) is 70.3 Å². The van der Waals surface area contributed by atoms with E-state index in [1.54, 1.807) is 12.1 Å². The number of hydrogen-bond donors (Lipinski definition) is 0. The summed E-state index contributed by atoms with van der Waals surface area (Å²) in [6.45, 7) is 0.758. The summed E-state index contributed by atoms with van der Waals surface area (Å²) >= 11 is 3.59. The average Bonchev–Trinajstić information content (AvgIpc) is 2.84. The smallest absolute Gasteiger partial charge is 0.337 e. The first-order valence-corrected chi connectivity index (χ1v) is 7.39. The van der Waals surface area contributed by atoms with Crippen molar-refractivity contribution in [2.24, 2.45) is 0 Å². The fraction of sp³-hybridized carbons (Fsp3) is 0.118. The summed E-state index contributed by atoms with van der Waals surface area (Å²) in [5, 5.41) is 1.20. The van der Waals surface area contributed by atoms with Crippen molar-refractivity contribution in [2.45, 2.75) is 6.54 Å². The Balaban J connectivity index is 1.90. The van der Waals surface area contributed by atoms with Crippen LogP contribution in [0, 0.1) is 0 Å². The predicted octanol–water partition coefficient (Wildman–Crippen LogP) is 4.24. The van der Waals surface area contributed by atoms with Gasteiger partial charge in [-0.25, -0.2) is 4.79 Å². The lowest BCUT2D eigenvalue weighted by molar-refractivity contribution is 0.0600. The average molecular weight is 344 g/mol. The van der Waals surface area contributed by atoms with Crippen LogP contribution < -0.4 is 0 Å². The Labute approximate surface area is 131 Å². The lowest BCUT2D eigenvalue weighted by Gasteiger charge is -2.06. The number of nitrogens with zero attached hydrogens (tertiary/aromatic N) is 1. The molecule has 106 valence electrons. The van der Waals surface area contributed by atoms with Gasteiger partial charge in [0.05, 0.1) is 12.7 Å². The SMILES string of the molecule is COC(=O)c1ccc(Cn2cc(Br)c3ccccc32)cc1. The molecule has 3 rings (SSSR count). The van der Waals surface area contributed by atoms with Gasteiger partial charge in [-0.2, -0.15) is 0 Å². The van der Waals surface area contributed by atoms with E-state index in [1.807, 2.05) is 24.3 Å². The summed E-state index contributed by atoms with van der Waals surface area (Å²) < 4.78 is 7.98. The van der Waals surface area contributed by atoms with E-state index in [4.69, 9.17) is 4.74 Å². The third kappa shape index (κ3) is 2.72. The van der Waals surface area contributed by atoms with Crippen LogP contribution in [-0.4, -0.2) is 17.6 Å². The zero-order valence-corrected chi connectivity index (χ0v) is 13.1. The van der Waals surface area contributed by atoms with Gasteiger partial charge in [0.25, 0.3) is 0 Å². The molecule has 0 saturated heterocycles. The highest BCUT2D eigenvalue weighted by Gasteiger charge is 2.07. The molecule has 0 aliphatic rings. The summed E-state index contributed by atoms with van der Waals surface area (Å²) in [6.07, 6.45) is 2.08. The van der Waals surface area contributed by atoms with Crippen molar-refractivity contribution in [1.29, 1.82) is 0 Å². The molecule has 1 aromatic heterocycles. The van der Waals surface area contributed by atoms with E-state index in [1.165, 1.54) is 18.0 Å². The number of fused-ring (bicyclic) bond motifs is 1. The van der Waals surface area contributed by atoms with Crippen LogP contribution in [-0.2, 0) is 11.3 Å². The lowest BCUT2D eigenvalue weighted by atomic mass is 10.1. The zero-order valence-electron chi connectivity index (χ0n) is 11.5. The van der Waals surface area contributed by atoms with E-state index in [2.05, 4.69) is 38.8 Å². The molecule has 0 spiro atoms. The number of ether oxygens (including phenoxy) is 1. The van der Waals surface area contributed by atoms with Crippen molar-refractivity contribution in [3.8, 4) is 0 Å². The van der Waals surface area contributed by atoms with Crippen LogP contribution in [0.5, 0.6) is 0 Å². The number of carbonyl (C=O) groups is 1. The Morgan fingerprint density at radius 2 is 1.86 bits per heavy atom. The Hall–Kier alpha value is -2.07. The van der Waals surface area contributed by atoms with E-state index in [0.29, 0.717) is 5.56 Å². The molecule has 0 amide bonds. The molecule has 0 N–H and O–H groups in total. The fourth-order valence-electron chi connectivity index (χ4n) is 2.39. The largest absolute Gasteiger partial charge is 0.465 e. The maximum atomic E-state index is 11.4. The van der Waals surface area contributed by atoms with Gasteiger partial charge in [0.1, 0.15) is 0 Å². The van der Waals surface area contributed by atoms with E-state index in [9.17, 15) is 4.79 Å². The molecular weight excluding hydrogens is 330 g/mol. The molecule has 0 aliphatic carbocycles. The van der Waals surface area contributed by atoms with Gasteiger partial charge in [0.15, 0.2) is 0 Å². The molecule has 0 bridgehead atoms. The van der Waals surface area contributed by atoms with E-state index in [0.717, 1.165) is 16.6 Å². The maximum absolute atomic E-state index is 11.4. The first-order valence-electron chi connectivity index (χ1n) is 6.59. The van der Waals surface area contributed by atoms with Gasteiger partial charge in [-0.3, -0.25) is 0 Å². The Bertz CT molecular complexity index is 790. The lowest BCUT2D eigenvalue weighted by Crippen LogP contribution is -2.02. The molecule has 0 saturated carbocycles. The molecule has 2 aromatic carbocycles. The Morgan fingerprint density at radius 3 is 2.57 bits per heavy atom. The van der Waals surface area contributed by atoms with Gasteiger partial charge in [-0.05, 0) is 39.7 Å². The molecule has 0 fully saturated rings. The van der Waals surface area contributed by atoms with E-state index in [-0.39, 0.29) is 5.97 Å². The van der Waals surface area contributed by atoms with E-state index >= 15 is 0 Å². The second-order valence-electron chi connectivity index (χ2n) is 4.81. The van der Waals surface area contributed by atoms with Crippen LogP contribution >= 0.6 is 15.9 Å². The second kappa shape index (κ2) is 5.74. The van der Waals surface area contributed by atoms with Crippen LogP contribution in [0.25, 0.3) is 10.9 Å². The quantitative estimate of drug-likeness (QED) is 0.666. The second-order valence-corrected chi connectivity index (χ2v) is 5.66. The molecule has 4 heteroatoms. The van der Waals surface area contributed by atoms with Crippen molar-refractivity contribution < 1.29 is 9.53 Å². The fourth-order valence-corrected chi connectivity index (χ4v) is 2.98. The summed E-state index contributed by atoms with van der Waals surface area (Å²) in [6, 6.07) is 15.8. The number of aromatic nitrogens is 1. The van der Waals surface area contributed by atoms with Crippen LogP contribution in [0.4, 0.5) is 0 Å². The molecule has 21 heavy (non-hydrogen) atoms. The van der Waals surface area contributed by atoms with Crippen LogP contribution in [0.15, 0.2) is 59.2 Å². The van der Waals surface area contributed by atoms with Gasteiger partial charge < -0.3 is 9.30 Å². The van der Waals surface area contributed by atoms with Gasteiger partial charge in [-0.15, -0.1) is 0 Å². The highest BCUT2D eigenvalue weighted by Crippen LogP contribution is 2.26. The number of hydrogen-bond acceptors (Lipinski definition) is 2. The first-order chi connectivity index (χ1) is 10.2. The standard InChI is InChI=1S/C17H14BrNO2/c1-21-17(20)13-8-6-12(7-9-13)10-19-11-15(18)14-4-2-3-5-16(14)19/h2-9,11H,10H2,1H3. The number of benzene rings is 2. The van der Waals surface area contributed by atoms with Gasteiger partial charge in [-0.1, -0.05) is 30.3 Å². The molecule has 1 heterocycles. The van der Waals surface area contributed by atoms with Crippen molar-refractivity contribution >= 4 is 32.8 Å². The topological polar surface area (TPSA) is 31.2 Å². The van der Waals surface area contributed by atoms with E-state index < -0.39 is 0 Å². The van der Waals surface area contributed by atoms with Crippen molar-refractivity contribution in [1.82, 2.24) is 4.57 Å². The van der Waals surface area contributed by atoms with Crippen LogP contribution in [0.1, 0.15) is 15.9 Å². The van der Waals surface area contributed by atoms with Gasteiger partial charge in [0.2, 0.25) is 0 Å². The third-order valence-electron chi connectivity index (χ3n) is 3.47. The van der Waals surface area contributed by atoms with Crippen LogP contribution in [0.2, 0.25) is 0 Å².